The number of amides is 1. The monoisotopic (exact) mass is 645 g/mol. The van der Waals surface area contributed by atoms with Gasteiger partial charge >= 0.3 is 0 Å². The molecule has 2 aliphatic heterocycles. The zero-order valence-corrected chi connectivity index (χ0v) is 26.2. The largest absolute Gasteiger partial charge is 0.377 e. The van der Waals surface area contributed by atoms with Crippen molar-refractivity contribution < 1.29 is 13.6 Å². The number of anilines is 2. The number of hydrogen-bond acceptors (Lipinski definition) is 9. The van der Waals surface area contributed by atoms with Crippen LogP contribution in [0.5, 0.6) is 0 Å². The van der Waals surface area contributed by atoms with Gasteiger partial charge in [0.05, 0.1) is 53.2 Å². The molecule has 1 saturated heterocycles. The molecule has 242 valence electrons. The number of carbonyl (C=O) groups excluding carboxylic acids is 1. The fourth-order valence-corrected chi connectivity index (χ4v) is 6.23. The van der Waals surface area contributed by atoms with Crippen molar-refractivity contribution in [3.8, 4) is 12.1 Å². The molecule has 3 aliphatic rings. The number of nitriles is 2. The van der Waals surface area contributed by atoms with Crippen LogP contribution in [0.3, 0.4) is 0 Å². The van der Waals surface area contributed by atoms with E-state index in [4.69, 9.17) is 0 Å². The quantitative estimate of drug-likeness (QED) is 0.161. The fourth-order valence-electron chi connectivity index (χ4n) is 6.23. The Morgan fingerprint density at radius 1 is 1.02 bits per heavy atom. The van der Waals surface area contributed by atoms with Gasteiger partial charge in [-0.05, 0) is 54.7 Å². The molecule has 0 bridgehead atoms. The molecule has 4 aromatic rings. The summed E-state index contributed by atoms with van der Waals surface area (Å²) >= 11 is 0. The SMILES string of the molecule is CC[C@@H](Nc1c(C#N)cnc2c(C#N)cc(N[C@H](C3=CN(C4CC4)NN3)c3cccc(C(=O)N4CC(F)(F)C4)c3)cc12)c1ccccc1. The third-order valence-corrected chi connectivity index (χ3v) is 8.91. The van der Waals surface area contributed by atoms with Crippen LogP contribution in [0.25, 0.3) is 10.9 Å². The number of benzene rings is 3. The van der Waals surface area contributed by atoms with Crippen LogP contribution in [0.1, 0.15) is 70.9 Å². The maximum Gasteiger partial charge on any atom is 0.282 e. The number of likely N-dealkylation sites (tertiary alicyclic amines) is 1. The van der Waals surface area contributed by atoms with E-state index >= 15 is 0 Å². The van der Waals surface area contributed by atoms with Crippen LogP contribution in [0.2, 0.25) is 0 Å². The van der Waals surface area contributed by atoms with Gasteiger partial charge in [0.25, 0.3) is 11.8 Å². The minimum Gasteiger partial charge on any atom is -0.377 e. The molecule has 48 heavy (non-hydrogen) atoms. The summed E-state index contributed by atoms with van der Waals surface area (Å²) in [7, 11) is 0. The summed E-state index contributed by atoms with van der Waals surface area (Å²) < 4.78 is 27.1. The van der Waals surface area contributed by atoms with Crippen LogP contribution in [0.4, 0.5) is 20.2 Å². The zero-order chi connectivity index (χ0) is 33.4. The molecule has 1 aliphatic carbocycles. The summed E-state index contributed by atoms with van der Waals surface area (Å²) in [6.45, 7) is 0.861. The highest BCUT2D eigenvalue weighted by Gasteiger charge is 2.46. The first kappa shape index (κ1) is 30.9. The van der Waals surface area contributed by atoms with Crippen LogP contribution < -0.4 is 21.6 Å². The predicted molar refractivity (Wildman–Crippen MR) is 177 cm³/mol. The van der Waals surface area contributed by atoms with Crippen molar-refractivity contribution >= 4 is 28.2 Å². The Morgan fingerprint density at radius 3 is 2.46 bits per heavy atom. The van der Waals surface area contributed by atoms with Crippen LogP contribution in [-0.2, 0) is 0 Å². The number of hydrazine groups is 2. The van der Waals surface area contributed by atoms with Crippen molar-refractivity contribution in [1.82, 2.24) is 25.9 Å². The molecule has 1 aromatic heterocycles. The van der Waals surface area contributed by atoms with Gasteiger partial charge in [-0.3, -0.25) is 14.8 Å². The van der Waals surface area contributed by atoms with Gasteiger partial charge in [-0.15, -0.1) is 5.53 Å². The second-order valence-electron chi connectivity index (χ2n) is 12.4. The second-order valence-corrected chi connectivity index (χ2v) is 12.4. The van der Waals surface area contributed by atoms with Crippen LogP contribution in [0, 0.1) is 22.7 Å². The highest BCUT2D eigenvalue weighted by Crippen LogP contribution is 2.37. The first-order valence-corrected chi connectivity index (χ1v) is 15.9. The molecule has 0 spiro atoms. The molecule has 10 nitrogen and oxygen atoms in total. The number of nitrogens with zero attached hydrogens (tertiary/aromatic N) is 5. The molecule has 0 radical (unpaired) electrons. The summed E-state index contributed by atoms with van der Waals surface area (Å²) in [5.74, 6) is -3.32. The molecule has 4 N–H and O–H groups in total. The van der Waals surface area contributed by atoms with Gasteiger partial charge in [0.1, 0.15) is 12.1 Å². The number of pyridine rings is 1. The second kappa shape index (κ2) is 12.5. The minimum absolute atomic E-state index is 0.0993. The van der Waals surface area contributed by atoms with Gasteiger partial charge in [-0.1, -0.05) is 49.4 Å². The molecule has 1 saturated carbocycles. The van der Waals surface area contributed by atoms with E-state index in [0.29, 0.717) is 50.6 Å². The average molecular weight is 646 g/mol. The fraction of sp³-hybridized carbons (Fsp3) is 0.278. The number of fused-ring (bicyclic) bond motifs is 1. The number of alkyl halides is 2. The summed E-state index contributed by atoms with van der Waals surface area (Å²) in [6.07, 6.45) is 6.32. The summed E-state index contributed by atoms with van der Waals surface area (Å²) in [4.78, 5) is 18.8. The van der Waals surface area contributed by atoms with Gasteiger partial charge in [0.15, 0.2) is 0 Å². The van der Waals surface area contributed by atoms with E-state index < -0.39 is 31.0 Å². The van der Waals surface area contributed by atoms with Gasteiger partial charge in [-0.25, -0.2) is 8.78 Å². The van der Waals surface area contributed by atoms with Gasteiger partial charge in [-0.2, -0.15) is 10.5 Å². The van der Waals surface area contributed by atoms with Crippen molar-refractivity contribution in [2.45, 2.75) is 50.2 Å². The van der Waals surface area contributed by atoms with E-state index in [0.717, 1.165) is 35.4 Å². The first-order valence-electron chi connectivity index (χ1n) is 15.9. The van der Waals surface area contributed by atoms with Crippen molar-refractivity contribution in [3.63, 3.8) is 0 Å². The summed E-state index contributed by atoms with van der Waals surface area (Å²) in [6, 6.07) is 24.7. The Labute approximate surface area is 276 Å². The van der Waals surface area contributed by atoms with E-state index in [9.17, 15) is 24.1 Å². The molecule has 3 heterocycles. The van der Waals surface area contributed by atoms with E-state index in [1.165, 1.54) is 6.20 Å². The highest BCUT2D eigenvalue weighted by molar-refractivity contribution is 5.99. The summed E-state index contributed by atoms with van der Waals surface area (Å²) in [5, 5.41) is 30.0. The topological polar surface area (TPSA) is 132 Å². The Bertz CT molecular complexity index is 1990. The Balaban J connectivity index is 1.29. The Morgan fingerprint density at radius 2 is 1.77 bits per heavy atom. The highest BCUT2D eigenvalue weighted by atomic mass is 19.3. The van der Waals surface area contributed by atoms with Gasteiger partial charge in [0, 0.05) is 35.1 Å². The molecule has 1 amide bonds. The van der Waals surface area contributed by atoms with Crippen molar-refractivity contribution in [2.75, 3.05) is 23.7 Å². The van der Waals surface area contributed by atoms with Crippen molar-refractivity contribution in [3.05, 3.63) is 113 Å². The zero-order valence-electron chi connectivity index (χ0n) is 26.2. The lowest BCUT2D eigenvalue weighted by molar-refractivity contribution is -0.113. The minimum atomic E-state index is -2.87. The third-order valence-electron chi connectivity index (χ3n) is 8.91. The van der Waals surface area contributed by atoms with Crippen LogP contribution >= 0.6 is 0 Å². The Hall–Kier alpha value is -5.72. The molecule has 3 aromatic carbocycles. The van der Waals surface area contributed by atoms with Crippen LogP contribution in [-0.4, -0.2) is 45.9 Å². The normalized spacial score (nSPS) is 17.7. The van der Waals surface area contributed by atoms with E-state index in [1.54, 1.807) is 24.3 Å². The van der Waals surface area contributed by atoms with Gasteiger partial charge < -0.3 is 21.0 Å². The summed E-state index contributed by atoms with van der Waals surface area (Å²) in [5.41, 5.74) is 11.6. The number of carbonyl (C=O) groups is 1. The standard InChI is InChI=1S/C36H33F2N9O/c1-2-30(22-7-4-3-5-8-22)43-33-26(17-40)18-41-32-25(16-39)14-27(15-29(32)33)42-34(31-19-47(45-44-31)28-11-12-28)23-9-6-10-24(13-23)35(48)46-20-36(37,38)21-46/h3-10,13-15,18-19,28,30,34,42,44-45H,2,11-12,20-21H2,1H3,(H,41,43)/t30-,34+/m1/s1. The molecular weight excluding hydrogens is 612 g/mol. The van der Waals surface area contributed by atoms with Crippen LogP contribution in [0.15, 0.2) is 84.8 Å². The molecule has 2 fully saturated rings. The number of hydrogen-bond donors (Lipinski definition) is 4. The lowest BCUT2D eigenvalue weighted by atomic mass is 9.98. The third kappa shape index (κ3) is 6.06. The molecule has 2 atom stereocenters. The number of halogens is 2. The lowest BCUT2D eigenvalue weighted by Crippen LogP contribution is -2.58. The van der Waals surface area contributed by atoms with Crippen molar-refractivity contribution in [1.29, 1.82) is 10.5 Å². The molecular formula is C36H33F2N9O. The molecule has 12 heteroatoms. The number of aromatic nitrogens is 1. The smallest absolute Gasteiger partial charge is 0.282 e. The van der Waals surface area contributed by atoms with E-state index in [-0.39, 0.29) is 6.04 Å². The van der Waals surface area contributed by atoms with E-state index in [2.05, 4.69) is 45.6 Å². The maximum absolute atomic E-state index is 13.6. The number of nitrogens with one attached hydrogen (secondary N) is 4. The molecule has 7 rings (SSSR count). The lowest BCUT2D eigenvalue weighted by Gasteiger charge is -2.38. The predicted octanol–water partition coefficient (Wildman–Crippen LogP) is 6.11. The van der Waals surface area contributed by atoms with Crippen molar-refractivity contribution in [2.24, 2.45) is 0 Å². The average Bonchev–Trinajstić information content (AvgIpc) is 3.84. The number of rotatable bonds is 10. The molecule has 0 unspecified atom stereocenters. The van der Waals surface area contributed by atoms with Gasteiger partial charge in [0.2, 0.25) is 0 Å². The maximum atomic E-state index is 13.6. The Kier molecular flexibility index (Phi) is 8.03. The van der Waals surface area contributed by atoms with E-state index in [1.807, 2.05) is 53.7 Å². The first-order chi connectivity index (χ1) is 23.3.